The minimum Gasteiger partial charge on any atom is -0.488 e. The Bertz CT molecular complexity index is 841. The first-order chi connectivity index (χ1) is 15.1. The zero-order valence-electron chi connectivity index (χ0n) is 17.7. The van der Waals surface area contributed by atoms with Gasteiger partial charge >= 0.3 is 7.12 Å². The highest BCUT2D eigenvalue weighted by atomic mass is 16.7. The summed E-state index contributed by atoms with van der Waals surface area (Å²) in [6, 6.07) is 13.4. The number of hydrogen-bond donors (Lipinski definition) is 2. The molecule has 0 saturated carbocycles. The van der Waals surface area contributed by atoms with E-state index in [9.17, 15) is 10.1 Å². The number of benzene rings is 2. The fourth-order valence-corrected chi connectivity index (χ4v) is 3.96. The normalized spacial score (nSPS) is 21.6. The molecule has 0 radical (unpaired) electrons. The van der Waals surface area contributed by atoms with E-state index in [4.69, 9.17) is 23.6 Å². The van der Waals surface area contributed by atoms with E-state index in [1.165, 1.54) is 0 Å². The van der Waals surface area contributed by atoms with Gasteiger partial charge in [-0.3, -0.25) is 0 Å². The summed E-state index contributed by atoms with van der Waals surface area (Å²) in [4.78, 5) is 0. The molecule has 2 aliphatic heterocycles. The molecular formula is C23H29BO7. The summed E-state index contributed by atoms with van der Waals surface area (Å²) in [5, 5.41) is 20.7. The van der Waals surface area contributed by atoms with Crippen LogP contribution in [0.4, 0.5) is 0 Å². The molecule has 4 rings (SSSR count). The first kappa shape index (κ1) is 22.1. The lowest BCUT2D eigenvalue weighted by Crippen LogP contribution is -2.30. The smallest absolute Gasteiger partial charge is 0.488 e. The molecule has 2 aromatic carbocycles. The van der Waals surface area contributed by atoms with Crippen molar-refractivity contribution >= 4 is 12.6 Å². The number of hydrogen-bond acceptors (Lipinski definition) is 7. The predicted molar refractivity (Wildman–Crippen MR) is 115 cm³/mol. The molecule has 3 atom stereocenters. The fourth-order valence-electron chi connectivity index (χ4n) is 3.96. The van der Waals surface area contributed by atoms with Crippen molar-refractivity contribution in [1.82, 2.24) is 0 Å². The van der Waals surface area contributed by atoms with E-state index < -0.39 is 19.5 Å². The summed E-state index contributed by atoms with van der Waals surface area (Å²) < 4.78 is 28.9. The van der Waals surface area contributed by atoms with Crippen LogP contribution in [0, 0.1) is 0 Å². The number of fused-ring (bicyclic) bond motifs is 1. The van der Waals surface area contributed by atoms with Gasteiger partial charge in [-0.15, -0.1) is 0 Å². The maximum Gasteiger partial charge on any atom is 0.492 e. The highest BCUT2D eigenvalue weighted by Gasteiger charge is 2.39. The first-order valence-corrected chi connectivity index (χ1v) is 10.9. The average Bonchev–Trinajstić information content (AvgIpc) is 3.09. The molecule has 0 aliphatic carbocycles. The molecule has 1 fully saturated rings. The van der Waals surface area contributed by atoms with Gasteiger partial charge in [-0.25, -0.2) is 0 Å². The zero-order valence-corrected chi connectivity index (χ0v) is 17.7. The van der Waals surface area contributed by atoms with Gasteiger partial charge in [0.05, 0.1) is 12.7 Å². The molecule has 0 spiro atoms. The third-order valence-electron chi connectivity index (χ3n) is 5.45. The van der Waals surface area contributed by atoms with Crippen molar-refractivity contribution in [2.75, 3.05) is 13.2 Å². The molecule has 0 aromatic heterocycles. The standard InChI is InChI=1S/C23H29BO7/c1-2-27-21(25)14-20-23-18(24(26)31-20)12-17(30-22-10-6-7-11-28-22)13-19(23)29-15-16-8-4-3-5-9-16/h3-5,8-9,12-13,20-22,25-26H,2,6-7,10-11,14-15H2,1H3. The minimum atomic E-state index is -1.14. The van der Waals surface area contributed by atoms with Crippen LogP contribution in [0.1, 0.15) is 49.8 Å². The minimum absolute atomic E-state index is 0.186. The van der Waals surface area contributed by atoms with Gasteiger partial charge in [-0.2, -0.15) is 0 Å². The second-order valence-electron chi connectivity index (χ2n) is 7.74. The van der Waals surface area contributed by atoms with Crippen LogP contribution in [0.5, 0.6) is 11.5 Å². The highest BCUT2D eigenvalue weighted by Crippen LogP contribution is 2.38. The van der Waals surface area contributed by atoms with Crippen LogP contribution < -0.4 is 14.9 Å². The van der Waals surface area contributed by atoms with Gasteiger partial charge in [-0.1, -0.05) is 30.3 Å². The van der Waals surface area contributed by atoms with Gasteiger partial charge in [0.15, 0.2) is 12.6 Å². The van der Waals surface area contributed by atoms with Crippen molar-refractivity contribution in [3.05, 3.63) is 53.6 Å². The highest BCUT2D eigenvalue weighted by molar-refractivity contribution is 6.62. The van der Waals surface area contributed by atoms with Crippen molar-refractivity contribution in [3.63, 3.8) is 0 Å². The van der Waals surface area contributed by atoms with Gasteiger partial charge in [0.25, 0.3) is 0 Å². The summed E-state index contributed by atoms with van der Waals surface area (Å²) in [6.45, 7) is 3.23. The van der Waals surface area contributed by atoms with Crippen molar-refractivity contribution in [3.8, 4) is 11.5 Å². The lowest BCUT2D eigenvalue weighted by molar-refractivity contribution is -0.113. The summed E-state index contributed by atoms with van der Waals surface area (Å²) >= 11 is 0. The van der Waals surface area contributed by atoms with Crippen molar-refractivity contribution < 1.29 is 33.7 Å². The van der Waals surface area contributed by atoms with Crippen LogP contribution in [0.2, 0.25) is 0 Å². The van der Waals surface area contributed by atoms with E-state index in [1.54, 1.807) is 12.1 Å². The molecule has 31 heavy (non-hydrogen) atoms. The second kappa shape index (κ2) is 10.5. The van der Waals surface area contributed by atoms with Gasteiger partial charge < -0.3 is 33.7 Å². The van der Waals surface area contributed by atoms with Gasteiger partial charge in [0, 0.05) is 31.1 Å². The quantitative estimate of drug-likeness (QED) is 0.469. The van der Waals surface area contributed by atoms with E-state index >= 15 is 0 Å². The predicted octanol–water partition coefficient (Wildman–Crippen LogP) is 2.67. The topological polar surface area (TPSA) is 86.6 Å². The SMILES string of the molecule is CCOC(O)CC1OB(O)c2cc(OC3CCCCO3)cc(OCc3ccccc3)c21. The molecule has 8 heteroatoms. The maximum absolute atomic E-state index is 10.5. The Morgan fingerprint density at radius 2 is 2.03 bits per heavy atom. The number of ether oxygens (including phenoxy) is 4. The van der Waals surface area contributed by atoms with E-state index in [1.807, 2.05) is 37.3 Å². The molecule has 1 saturated heterocycles. The molecule has 7 nitrogen and oxygen atoms in total. The van der Waals surface area contributed by atoms with Crippen LogP contribution in [0.25, 0.3) is 0 Å². The Balaban J connectivity index is 1.60. The third-order valence-corrected chi connectivity index (χ3v) is 5.45. The average molecular weight is 428 g/mol. The Morgan fingerprint density at radius 3 is 2.77 bits per heavy atom. The molecule has 2 heterocycles. The van der Waals surface area contributed by atoms with Gasteiger partial charge in [0.2, 0.25) is 0 Å². The maximum atomic E-state index is 10.5. The van der Waals surface area contributed by atoms with Crippen molar-refractivity contribution in [1.29, 1.82) is 0 Å². The summed E-state index contributed by atoms with van der Waals surface area (Å²) in [7, 11) is -1.14. The van der Waals surface area contributed by atoms with Crippen LogP contribution >= 0.6 is 0 Å². The summed E-state index contributed by atoms with van der Waals surface area (Å²) in [5.41, 5.74) is 2.30. The van der Waals surface area contributed by atoms with Crippen molar-refractivity contribution in [2.45, 2.75) is 57.9 Å². The fraction of sp³-hybridized carbons (Fsp3) is 0.478. The van der Waals surface area contributed by atoms with Crippen LogP contribution in [-0.4, -0.2) is 43.0 Å². The molecule has 166 valence electrons. The Kier molecular flexibility index (Phi) is 7.47. The molecule has 0 amide bonds. The third kappa shape index (κ3) is 5.58. The Hall–Kier alpha value is -2.10. The van der Waals surface area contributed by atoms with E-state index in [-0.39, 0.29) is 12.7 Å². The molecule has 2 aromatic rings. The molecule has 3 unspecified atom stereocenters. The Labute approximate surface area is 183 Å². The van der Waals surface area contributed by atoms with E-state index in [0.29, 0.717) is 42.3 Å². The lowest BCUT2D eigenvalue weighted by atomic mass is 9.78. The summed E-state index contributed by atoms with van der Waals surface area (Å²) in [5.74, 6) is 1.11. The first-order valence-electron chi connectivity index (χ1n) is 10.9. The molecular weight excluding hydrogens is 399 g/mol. The lowest BCUT2D eigenvalue weighted by Gasteiger charge is -2.24. The van der Waals surface area contributed by atoms with E-state index in [0.717, 1.165) is 24.8 Å². The largest absolute Gasteiger partial charge is 0.492 e. The number of rotatable bonds is 9. The van der Waals surface area contributed by atoms with Crippen LogP contribution in [-0.2, 0) is 20.7 Å². The number of aliphatic hydroxyl groups is 1. The molecule has 0 bridgehead atoms. The zero-order chi connectivity index (χ0) is 21.6. The summed E-state index contributed by atoms with van der Waals surface area (Å²) in [6.07, 6.45) is 1.22. The van der Waals surface area contributed by atoms with Crippen LogP contribution in [0.15, 0.2) is 42.5 Å². The van der Waals surface area contributed by atoms with Gasteiger partial charge in [0.1, 0.15) is 18.1 Å². The molecule has 2 N–H and O–H groups in total. The van der Waals surface area contributed by atoms with Crippen LogP contribution in [0.3, 0.4) is 0 Å². The van der Waals surface area contributed by atoms with Crippen molar-refractivity contribution in [2.24, 2.45) is 0 Å². The second-order valence-corrected chi connectivity index (χ2v) is 7.74. The monoisotopic (exact) mass is 428 g/mol. The van der Waals surface area contributed by atoms with E-state index in [2.05, 4.69) is 0 Å². The number of aliphatic hydroxyl groups excluding tert-OH is 1. The van der Waals surface area contributed by atoms with Gasteiger partial charge in [-0.05, 0) is 36.9 Å². The molecule has 2 aliphatic rings. The Morgan fingerprint density at radius 1 is 1.19 bits per heavy atom.